The zero-order valence-corrected chi connectivity index (χ0v) is 16.9. The van der Waals surface area contributed by atoms with Gasteiger partial charge >= 0.3 is 6.18 Å². The lowest BCUT2D eigenvalue weighted by Gasteiger charge is -2.21. The van der Waals surface area contributed by atoms with Crippen LogP contribution in [0.15, 0.2) is 54.9 Å². The first kappa shape index (κ1) is 22.6. The third-order valence-electron chi connectivity index (χ3n) is 4.83. The number of nitriles is 1. The van der Waals surface area contributed by atoms with E-state index in [2.05, 4.69) is 10.3 Å². The average molecular weight is 441 g/mol. The number of carbonyl (C=O) groups excluding carboxylic acids is 2. The SMILES string of the molecule is CN(CCn1c(C#N)cc(NC(=O)c2cccnc2)c1C=O)c1ccc(C(F)(F)F)cc1. The van der Waals surface area contributed by atoms with Crippen molar-refractivity contribution in [3.63, 3.8) is 0 Å². The molecule has 1 N–H and O–H groups in total. The number of amides is 1. The molecule has 2 heterocycles. The van der Waals surface area contributed by atoms with Gasteiger partial charge in [0, 0.05) is 38.2 Å². The normalized spacial score (nSPS) is 11.0. The Bertz CT molecular complexity index is 1150. The van der Waals surface area contributed by atoms with Gasteiger partial charge in [-0.1, -0.05) is 0 Å². The van der Waals surface area contributed by atoms with Crippen LogP contribution in [0.25, 0.3) is 0 Å². The smallest absolute Gasteiger partial charge is 0.373 e. The molecule has 0 atom stereocenters. The Morgan fingerprint density at radius 1 is 1.28 bits per heavy atom. The van der Waals surface area contributed by atoms with Crippen molar-refractivity contribution >= 4 is 23.6 Å². The molecule has 7 nitrogen and oxygen atoms in total. The number of rotatable bonds is 7. The molecule has 10 heteroatoms. The number of anilines is 2. The monoisotopic (exact) mass is 441 g/mol. The molecule has 164 valence electrons. The number of benzene rings is 1. The lowest BCUT2D eigenvalue weighted by molar-refractivity contribution is -0.137. The van der Waals surface area contributed by atoms with Crippen LogP contribution in [0.2, 0.25) is 0 Å². The highest BCUT2D eigenvalue weighted by Crippen LogP contribution is 2.30. The summed E-state index contributed by atoms with van der Waals surface area (Å²) < 4.78 is 39.7. The van der Waals surface area contributed by atoms with Crippen molar-refractivity contribution in [1.82, 2.24) is 9.55 Å². The van der Waals surface area contributed by atoms with E-state index in [-0.39, 0.29) is 29.2 Å². The summed E-state index contributed by atoms with van der Waals surface area (Å²) in [6.07, 6.45) is -0.987. The van der Waals surface area contributed by atoms with E-state index in [9.17, 15) is 28.0 Å². The van der Waals surface area contributed by atoms with Crippen LogP contribution in [0.3, 0.4) is 0 Å². The minimum atomic E-state index is -4.42. The third kappa shape index (κ3) is 4.95. The minimum absolute atomic E-state index is 0.111. The second-order valence-corrected chi connectivity index (χ2v) is 6.87. The Balaban J connectivity index is 1.77. The van der Waals surface area contributed by atoms with Gasteiger partial charge in [-0.25, -0.2) is 0 Å². The molecule has 1 amide bonds. The fraction of sp³-hybridized carbons (Fsp3) is 0.182. The molecule has 0 saturated heterocycles. The van der Waals surface area contributed by atoms with Gasteiger partial charge in [0.25, 0.3) is 5.91 Å². The molecule has 0 radical (unpaired) electrons. The first-order chi connectivity index (χ1) is 15.2. The largest absolute Gasteiger partial charge is 0.416 e. The van der Waals surface area contributed by atoms with Crippen LogP contribution < -0.4 is 10.2 Å². The zero-order chi connectivity index (χ0) is 23.3. The number of aldehydes is 1. The predicted molar refractivity (Wildman–Crippen MR) is 111 cm³/mol. The fourth-order valence-electron chi connectivity index (χ4n) is 3.10. The van der Waals surface area contributed by atoms with E-state index in [1.807, 2.05) is 6.07 Å². The van der Waals surface area contributed by atoms with Crippen LogP contribution in [0.4, 0.5) is 24.5 Å². The Morgan fingerprint density at radius 2 is 2.00 bits per heavy atom. The molecule has 1 aromatic carbocycles. The van der Waals surface area contributed by atoms with Gasteiger partial charge in [-0.3, -0.25) is 14.6 Å². The Labute approximate surface area is 181 Å². The highest BCUT2D eigenvalue weighted by Gasteiger charge is 2.30. The van der Waals surface area contributed by atoms with Gasteiger partial charge < -0.3 is 14.8 Å². The molecule has 0 aliphatic carbocycles. The molecular formula is C22H18F3N5O2. The predicted octanol–water partition coefficient (Wildman–Crippen LogP) is 3.97. The van der Waals surface area contributed by atoms with Crippen LogP contribution in [0.1, 0.15) is 32.1 Å². The van der Waals surface area contributed by atoms with Crippen LogP contribution in [0, 0.1) is 11.3 Å². The first-order valence-electron chi connectivity index (χ1n) is 9.43. The number of aromatic nitrogens is 2. The molecule has 0 fully saturated rings. The van der Waals surface area contributed by atoms with Crippen molar-refractivity contribution in [2.75, 3.05) is 23.8 Å². The highest BCUT2D eigenvalue weighted by atomic mass is 19.4. The quantitative estimate of drug-likeness (QED) is 0.560. The summed E-state index contributed by atoms with van der Waals surface area (Å²) in [6, 6.07) is 11.2. The molecule has 0 aliphatic heterocycles. The zero-order valence-electron chi connectivity index (χ0n) is 16.9. The summed E-state index contributed by atoms with van der Waals surface area (Å²) in [5, 5.41) is 12.1. The van der Waals surface area contributed by atoms with E-state index in [4.69, 9.17) is 0 Å². The summed E-state index contributed by atoms with van der Waals surface area (Å²) in [5.74, 6) is -0.482. The van der Waals surface area contributed by atoms with Gasteiger partial charge in [0.15, 0.2) is 6.29 Å². The number of likely N-dealkylation sites (N-methyl/N-ethyl adjacent to an activating group) is 1. The molecule has 0 saturated carbocycles. The molecular weight excluding hydrogens is 423 g/mol. The second-order valence-electron chi connectivity index (χ2n) is 6.87. The van der Waals surface area contributed by atoms with Gasteiger partial charge in [0.2, 0.25) is 0 Å². The maximum absolute atomic E-state index is 12.7. The van der Waals surface area contributed by atoms with E-state index >= 15 is 0 Å². The van der Waals surface area contributed by atoms with Gasteiger partial charge in [-0.05, 0) is 42.5 Å². The third-order valence-corrected chi connectivity index (χ3v) is 4.83. The maximum atomic E-state index is 12.7. The lowest BCUT2D eigenvalue weighted by atomic mass is 10.2. The Kier molecular flexibility index (Phi) is 6.59. The standard InChI is InChI=1S/C22H18F3N5O2/c1-29(17-6-4-16(5-7-17)22(23,24)25)9-10-30-18(12-26)11-19(20(30)14-31)28-21(32)15-3-2-8-27-13-15/h2-8,11,13-14H,9-10H2,1H3,(H,28,32). The molecule has 0 spiro atoms. The van der Waals surface area contributed by atoms with Gasteiger partial charge in [0.1, 0.15) is 17.5 Å². The van der Waals surface area contributed by atoms with Gasteiger partial charge in [0.05, 0.1) is 16.8 Å². The van der Waals surface area contributed by atoms with Crippen molar-refractivity contribution in [1.29, 1.82) is 5.26 Å². The number of nitrogens with zero attached hydrogens (tertiary/aromatic N) is 4. The molecule has 0 aliphatic rings. The number of pyridine rings is 1. The van der Waals surface area contributed by atoms with E-state index in [0.29, 0.717) is 18.5 Å². The first-order valence-corrected chi connectivity index (χ1v) is 9.43. The summed E-state index contributed by atoms with van der Waals surface area (Å²) >= 11 is 0. The summed E-state index contributed by atoms with van der Waals surface area (Å²) in [5.41, 5.74) is 0.541. The van der Waals surface area contributed by atoms with Crippen LogP contribution in [0.5, 0.6) is 0 Å². The van der Waals surface area contributed by atoms with E-state index in [1.165, 1.54) is 35.2 Å². The maximum Gasteiger partial charge on any atom is 0.416 e. The second kappa shape index (κ2) is 9.34. The van der Waals surface area contributed by atoms with Crippen molar-refractivity contribution < 1.29 is 22.8 Å². The average Bonchev–Trinajstić information content (AvgIpc) is 3.13. The van der Waals surface area contributed by atoms with Crippen LogP contribution in [-0.4, -0.2) is 35.3 Å². The molecule has 0 bridgehead atoms. The number of carbonyl (C=O) groups is 2. The molecule has 2 aromatic heterocycles. The molecule has 3 rings (SSSR count). The number of hydrogen-bond acceptors (Lipinski definition) is 5. The summed E-state index contributed by atoms with van der Waals surface area (Å²) in [7, 11) is 1.68. The number of alkyl halides is 3. The van der Waals surface area contributed by atoms with E-state index < -0.39 is 17.6 Å². The number of nitrogens with one attached hydrogen (secondary N) is 1. The van der Waals surface area contributed by atoms with Crippen molar-refractivity contribution in [3.05, 3.63) is 77.4 Å². The Morgan fingerprint density at radius 3 is 2.56 bits per heavy atom. The van der Waals surface area contributed by atoms with Crippen molar-refractivity contribution in [2.24, 2.45) is 0 Å². The van der Waals surface area contributed by atoms with Crippen molar-refractivity contribution in [3.8, 4) is 6.07 Å². The summed E-state index contributed by atoms with van der Waals surface area (Å²) in [6.45, 7) is 0.489. The minimum Gasteiger partial charge on any atom is -0.373 e. The number of hydrogen-bond donors (Lipinski definition) is 1. The van der Waals surface area contributed by atoms with E-state index in [1.54, 1.807) is 24.1 Å². The van der Waals surface area contributed by atoms with Crippen molar-refractivity contribution in [2.45, 2.75) is 12.7 Å². The van der Waals surface area contributed by atoms with Crippen LogP contribution >= 0.6 is 0 Å². The molecule has 0 unspecified atom stereocenters. The fourth-order valence-corrected chi connectivity index (χ4v) is 3.10. The van der Waals surface area contributed by atoms with Crippen LogP contribution in [-0.2, 0) is 12.7 Å². The summed E-state index contributed by atoms with van der Waals surface area (Å²) in [4.78, 5) is 29.7. The van der Waals surface area contributed by atoms with E-state index in [0.717, 1.165) is 12.1 Å². The Hall–Kier alpha value is -4.13. The number of halogens is 3. The van der Waals surface area contributed by atoms with Gasteiger partial charge in [-0.15, -0.1) is 0 Å². The lowest BCUT2D eigenvalue weighted by Crippen LogP contribution is -2.24. The molecule has 3 aromatic rings. The highest BCUT2D eigenvalue weighted by molar-refractivity contribution is 6.06. The van der Waals surface area contributed by atoms with Gasteiger partial charge in [-0.2, -0.15) is 18.4 Å². The molecule has 32 heavy (non-hydrogen) atoms. The topological polar surface area (TPSA) is 91.0 Å².